The molecule has 0 saturated heterocycles. The first-order valence-electron chi connectivity index (χ1n) is 5.55. The molecule has 1 aromatic heterocycles. The molecule has 1 aliphatic carbocycles. The average Bonchev–Trinajstić information content (AvgIpc) is 2.62. The van der Waals surface area contributed by atoms with E-state index in [4.69, 9.17) is 11.6 Å². The molecule has 2 rings (SSSR count). The summed E-state index contributed by atoms with van der Waals surface area (Å²) in [7, 11) is 0. The van der Waals surface area contributed by atoms with Crippen LogP contribution in [-0.4, -0.2) is 21.9 Å². The van der Waals surface area contributed by atoms with Crippen LogP contribution in [0.15, 0.2) is 12.4 Å². The molecule has 0 atom stereocenters. The van der Waals surface area contributed by atoms with Crippen LogP contribution in [0, 0.1) is 10.8 Å². The van der Waals surface area contributed by atoms with Gasteiger partial charge in [-0.25, -0.2) is 9.97 Å². The molecular formula is C12H16ClN3O. The van der Waals surface area contributed by atoms with Crippen LogP contribution >= 0.6 is 11.6 Å². The van der Waals surface area contributed by atoms with E-state index in [0.29, 0.717) is 5.69 Å². The quantitative estimate of drug-likeness (QED) is 0.880. The maximum atomic E-state index is 11.9. The third-order valence-electron chi connectivity index (χ3n) is 4.15. The van der Waals surface area contributed by atoms with Crippen molar-refractivity contribution >= 4 is 17.5 Å². The van der Waals surface area contributed by atoms with Gasteiger partial charge in [-0.05, 0) is 10.8 Å². The summed E-state index contributed by atoms with van der Waals surface area (Å²) in [5, 5.41) is 3.27. The molecule has 0 aromatic carbocycles. The molecule has 1 N–H and O–H groups in total. The molecule has 1 fully saturated rings. The number of carbonyl (C=O) groups excluding carboxylic acids is 1. The van der Waals surface area contributed by atoms with Gasteiger partial charge in [0.2, 0.25) is 0 Å². The summed E-state index contributed by atoms with van der Waals surface area (Å²) in [6.45, 7) is 8.58. The van der Waals surface area contributed by atoms with E-state index in [1.165, 1.54) is 12.4 Å². The minimum atomic E-state index is -0.196. The summed E-state index contributed by atoms with van der Waals surface area (Å²) < 4.78 is 0. The lowest BCUT2D eigenvalue weighted by atomic mass is 10.0. The second-order valence-corrected chi connectivity index (χ2v) is 5.96. The zero-order valence-corrected chi connectivity index (χ0v) is 11.2. The van der Waals surface area contributed by atoms with Crippen molar-refractivity contribution in [1.82, 2.24) is 15.3 Å². The Balaban J connectivity index is 2.07. The number of rotatable bonds is 2. The Morgan fingerprint density at radius 2 is 1.82 bits per heavy atom. The standard InChI is InChI=1S/C12H16ClN3O/c1-11(2)10(12(11,3)4)16-9(17)7-5-15-8(13)6-14-7/h5-6,10H,1-4H3,(H,16,17). The van der Waals surface area contributed by atoms with Gasteiger partial charge in [-0.3, -0.25) is 4.79 Å². The summed E-state index contributed by atoms with van der Waals surface area (Å²) in [6, 6.07) is 0.167. The van der Waals surface area contributed by atoms with Crippen LogP contribution in [0.25, 0.3) is 0 Å². The summed E-state index contributed by atoms with van der Waals surface area (Å²) in [4.78, 5) is 19.7. The van der Waals surface area contributed by atoms with E-state index in [2.05, 4.69) is 43.0 Å². The second kappa shape index (κ2) is 3.67. The van der Waals surface area contributed by atoms with Crippen molar-refractivity contribution in [2.24, 2.45) is 10.8 Å². The first kappa shape index (κ1) is 12.3. The largest absolute Gasteiger partial charge is 0.347 e. The van der Waals surface area contributed by atoms with Crippen LogP contribution in [0.3, 0.4) is 0 Å². The van der Waals surface area contributed by atoms with Crippen LogP contribution in [0.4, 0.5) is 0 Å². The van der Waals surface area contributed by atoms with Gasteiger partial charge in [-0.2, -0.15) is 0 Å². The monoisotopic (exact) mass is 253 g/mol. The molecule has 0 radical (unpaired) electrons. The number of nitrogens with zero attached hydrogens (tertiary/aromatic N) is 2. The second-order valence-electron chi connectivity index (χ2n) is 5.57. The van der Waals surface area contributed by atoms with E-state index in [1.54, 1.807) is 0 Å². The number of hydrogen-bond acceptors (Lipinski definition) is 3. The Bertz CT molecular complexity index is 439. The van der Waals surface area contributed by atoms with Gasteiger partial charge in [0.15, 0.2) is 0 Å². The Hall–Kier alpha value is -1.16. The average molecular weight is 254 g/mol. The molecule has 5 heteroatoms. The van der Waals surface area contributed by atoms with Crippen LogP contribution in [0.1, 0.15) is 38.2 Å². The van der Waals surface area contributed by atoms with Crippen molar-refractivity contribution in [3.05, 3.63) is 23.2 Å². The Labute approximate surface area is 106 Å². The number of aromatic nitrogens is 2. The van der Waals surface area contributed by atoms with Gasteiger partial charge in [0.05, 0.1) is 12.4 Å². The highest BCUT2D eigenvalue weighted by molar-refractivity contribution is 6.29. The molecule has 92 valence electrons. The van der Waals surface area contributed by atoms with Gasteiger partial charge in [-0.15, -0.1) is 0 Å². The lowest BCUT2D eigenvalue weighted by Gasteiger charge is -2.05. The van der Waals surface area contributed by atoms with Crippen molar-refractivity contribution in [3.8, 4) is 0 Å². The molecule has 1 aliphatic rings. The minimum absolute atomic E-state index is 0.114. The van der Waals surface area contributed by atoms with Crippen LogP contribution in [0.5, 0.6) is 0 Å². The minimum Gasteiger partial charge on any atom is -0.347 e. The highest BCUT2D eigenvalue weighted by atomic mass is 35.5. The molecule has 17 heavy (non-hydrogen) atoms. The van der Waals surface area contributed by atoms with E-state index in [-0.39, 0.29) is 27.9 Å². The highest BCUT2D eigenvalue weighted by Crippen LogP contribution is 2.62. The van der Waals surface area contributed by atoms with Crippen molar-refractivity contribution in [1.29, 1.82) is 0 Å². The van der Waals surface area contributed by atoms with Crippen LogP contribution in [0.2, 0.25) is 5.15 Å². The van der Waals surface area contributed by atoms with Crippen molar-refractivity contribution in [2.75, 3.05) is 0 Å². The summed E-state index contributed by atoms with van der Waals surface area (Å²) in [5.41, 5.74) is 0.526. The van der Waals surface area contributed by atoms with Crippen molar-refractivity contribution in [2.45, 2.75) is 33.7 Å². The molecule has 1 heterocycles. The summed E-state index contributed by atoms with van der Waals surface area (Å²) in [6.07, 6.45) is 2.76. The predicted octanol–water partition coefficient (Wildman–Crippen LogP) is 2.29. The number of hydrogen-bond donors (Lipinski definition) is 1. The fourth-order valence-corrected chi connectivity index (χ4v) is 2.29. The van der Waals surface area contributed by atoms with Gasteiger partial charge in [0, 0.05) is 6.04 Å². The van der Waals surface area contributed by atoms with Crippen molar-refractivity contribution < 1.29 is 4.79 Å². The molecule has 4 nitrogen and oxygen atoms in total. The zero-order chi connectivity index (χ0) is 12.8. The molecule has 0 spiro atoms. The Morgan fingerprint density at radius 1 is 1.24 bits per heavy atom. The number of nitrogens with one attached hydrogen (secondary N) is 1. The smallest absolute Gasteiger partial charge is 0.271 e. The molecule has 0 bridgehead atoms. The Morgan fingerprint density at radius 3 is 2.24 bits per heavy atom. The first-order chi connectivity index (χ1) is 7.76. The molecule has 1 aromatic rings. The molecule has 0 unspecified atom stereocenters. The maximum absolute atomic E-state index is 11.9. The topological polar surface area (TPSA) is 54.9 Å². The fourth-order valence-electron chi connectivity index (χ4n) is 2.19. The van der Waals surface area contributed by atoms with Crippen molar-refractivity contribution in [3.63, 3.8) is 0 Å². The van der Waals surface area contributed by atoms with E-state index >= 15 is 0 Å². The van der Waals surface area contributed by atoms with Gasteiger partial charge in [-0.1, -0.05) is 39.3 Å². The summed E-state index contributed by atoms with van der Waals surface area (Å²) >= 11 is 5.62. The molecular weight excluding hydrogens is 238 g/mol. The van der Waals surface area contributed by atoms with E-state index < -0.39 is 0 Å². The van der Waals surface area contributed by atoms with Crippen LogP contribution < -0.4 is 5.32 Å². The molecule has 1 saturated carbocycles. The third-order valence-corrected chi connectivity index (χ3v) is 4.34. The van der Waals surface area contributed by atoms with E-state index in [0.717, 1.165) is 0 Å². The first-order valence-corrected chi connectivity index (χ1v) is 5.93. The lowest BCUT2D eigenvalue weighted by molar-refractivity contribution is 0.0938. The number of amides is 1. The highest BCUT2D eigenvalue weighted by Gasteiger charge is 2.65. The normalized spacial score (nSPS) is 21.0. The lowest BCUT2D eigenvalue weighted by Crippen LogP contribution is -2.30. The fraction of sp³-hybridized carbons (Fsp3) is 0.583. The number of halogens is 1. The van der Waals surface area contributed by atoms with E-state index in [9.17, 15) is 4.79 Å². The summed E-state index contributed by atoms with van der Waals surface area (Å²) in [5.74, 6) is -0.196. The third kappa shape index (κ3) is 1.90. The number of carbonyl (C=O) groups is 1. The van der Waals surface area contributed by atoms with E-state index in [1.807, 2.05) is 0 Å². The van der Waals surface area contributed by atoms with Gasteiger partial charge < -0.3 is 5.32 Å². The molecule has 0 aliphatic heterocycles. The zero-order valence-electron chi connectivity index (χ0n) is 10.4. The van der Waals surface area contributed by atoms with Gasteiger partial charge in [0.1, 0.15) is 10.8 Å². The Kier molecular flexibility index (Phi) is 2.65. The molecule has 1 amide bonds. The SMILES string of the molecule is CC1(C)C(NC(=O)c2cnc(Cl)cn2)C1(C)C. The maximum Gasteiger partial charge on any atom is 0.271 e. The predicted molar refractivity (Wildman–Crippen MR) is 65.9 cm³/mol. The van der Waals surface area contributed by atoms with Crippen LogP contribution in [-0.2, 0) is 0 Å². The van der Waals surface area contributed by atoms with Gasteiger partial charge >= 0.3 is 0 Å². The van der Waals surface area contributed by atoms with Gasteiger partial charge in [0.25, 0.3) is 5.91 Å².